The largest absolute Gasteiger partial charge is 0.472 e. The van der Waals surface area contributed by atoms with Crippen molar-refractivity contribution in [1.29, 1.82) is 0 Å². The first-order valence-electron chi connectivity index (χ1n) is 6.90. The molecule has 1 fully saturated rings. The lowest BCUT2D eigenvalue weighted by Crippen LogP contribution is -2.27. The van der Waals surface area contributed by atoms with E-state index in [0.29, 0.717) is 0 Å². The number of nitrogens with two attached hydrogens (primary N) is 1. The van der Waals surface area contributed by atoms with Crippen molar-refractivity contribution in [3.8, 4) is 0 Å². The molecular formula is C11H16N5O7P. The summed E-state index contributed by atoms with van der Waals surface area (Å²) < 4.78 is 28.0. The molecule has 1 aliphatic heterocycles. The van der Waals surface area contributed by atoms with Gasteiger partial charge in [0.15, 0.2) is 11.2 Å². The number of rotatable bonds is 5. The maximum absolute atomic E-state index is 11.8. The number of ether oxygens (including phenoxy) is 1. The molecule has 0 saturated carbocycles. The maximum atomic E-state index is 11.8. The Morgan fingerprint density at radius 3 is 3.04 bits per heavy atom. The molecule has 132 valence electrons. The molecule has 3 rings (SSSR count). The molecule has 1 aliphatic rings. The van der Waals surface area contributed by atoms with Gasteiger partial charge in [0.2, 0.25) is 5.95 Å². The van der Waals surface area contributed by atoms with Gasteiger partial charge in [0.1, 0.15) is 18.4 Å². The van der Waals surface area contributed by atoms with Crippen LogP contribution in [0.3, 0.4) is 0 Å². The average molecular weight is 361 g/mol. The summed E-state index contributed by atoms with van der Waals surface area (Å²) in [6.45, 7) is -0.437. The monoisotopic (exact) mass is 361 g/mol. The van der Waals surface area contributed by atoms with Crippen LogP contribution in [0.5, 0.6) is 0 Å². The van der Waals surface area contributed by atoms with E-state index < -0.39 is 38.4 Å². The van der Waals surface area contributed by atoms with E-state index >= 15 is 0 Å². The Morgan fingerprint density at radius 1 is 1.62 bits per heavy atom. The van der Waals surface area contributed by atoms with E-state index in [-0.39, 0.29) is 23.5 Å². The van der Waals surface area contributed by atoms with Gasteiger partial charge in [-0.2, -0.15) is 4.98 Å². The van der Waals surface area contributed by atoms with Crippen molar-refractivity contribution < 1.29 is 28.3 Å². The fraction of sp³-hybridized carbons (Fsp3) is 0.545. The van der Waals surface area contributed by atoms with Crippen LogP contribution in [-0.2, 0) is 18.3 Å². The van der Waals surface area contributed by atoms with Crippen molar-refractivity contribution >= 4 is 24.9 Å². The maximum Gasteiger partial charge on any atom is 0.472 e. The van der Waals surface area contributed by atoms with Crippen LogP contribution in [0.4, 0.5) is 5.95 Å². The van der Waals surface area contributed by atoms with Crippen molar-refractivity contribution in [2.45, 2.75) is 24.9 Å². The molecular weight excluding hydrogens is 345 g/mol. The Bertz CT molecular complexity index is 851. The number of anilines is 1. The SMILES string of the molecule is COP(=O)(O)OC1CC(n2cnc3c(=O)[nH]c(N)nc32)OC1CO. The zero-order valence-corrected chi connectivity index (χ0v) is 13.4. The fourth-order valence-corrected chi connectivity index (χ4v) is 3.16. The van der Waals surface area contributed by atoms with Gasteiger partial charge in [-0.25, -0.2) is 9.55 Å². The van der Waals surface area contributed by atoms with Gasteiger partial charge in [-0.15, -0.1) is 0 Å². The van der Waals surface area contributed by atoms with Crippen molar-refractivity contribution in [2.75, 3.05) is 19.5 Å². The van der Waals surface area contributed by atoms with Gasteiger partial charge >= 0.3 is 7.82 Å². The molecule has 4 atom stereocenters. The number of hydrogen-bond acceptors (Lipinski definition) is 9. The number of H-pyrrole nitrogens is 1. The van der Waals surface area contributed by atoms with Crippen molar-refractivity contribution in [2.24, 2.45) is 0 Å². The number of imidazole rings is 1. The summed E-state index contributed by atoms with van der Waals surface area (Å²) >= 11 is 0. The van der Waals surface area contributed by atoms with E-state index in [4.69, 9.17) is 15.0 Å². The van der Waals surface area contributed by atoms with Crippen LogP contribution < -0.4 is 11.3 Å². The number of nitrogens with zero attached hydrogens (tertiary/aromatic N) is 3. The highest BCUT2D eigenvalue weighted by molar-refractivity contribution is 7.47. The van der Waals surface area contributed by atoms with Crippen LogP contribution in [0.25, 0.3) is 11.2 Å². The molecule has 0 amide bonds. The van der Waals surface area contributed by atoms with E-state index in [9.17, 15) is 19.4 Å². The Labute approximate surface area is 134 Å². The number of hydrogen-bond donors (Lipinski definition) is 4. The number of phosphoric acid groups is 1. The summed E-state index contributed by atoms with van der Waals surface area (Å²) in [7, 11) is -3.21. The average Bonchev–Trinajstić information content (AvgIpc) is 3.10. The number of phosphoric ester groups is 1. The molecule has 4 unspecified atom stereocenters. The number of aromatic nitrogens is 4. The van der Waals surface area contributed by atoms with E-state index in [1.165, 1.54) is 10.9 Å². The van der Waals surface area contributed by atoms with Crippen molar-refractivity contribution in [3.05, 3.63) is 16.7 Å². The summed E-state index contributed by atoms with van der Waals surface area (Å²) in [4.78, 5) is 31.5. The van der Waals surface area contributed by atoms with Crippen molar-refractivity contribution in [3.63, 3.8) is 0 Å². The molecule has 0 aromatic carbocycles. The topological polar surface area (TPSA) is 175 Å². The molecule has 12 nitrogen and oxygen atoms in total. The van der Waals surface area contributed by atoms with Crippen LogP contribution in [0.2, 0.25) is 0 Å². The zero-order chi connectivity index (χ0) is 17.5. The predicted molar refractivity (Wildman–Crippen MR) is 79.9 cm³/mol. The third-order valence-electron chi connectivity index (χ3n) is 3.62. The molecule has 1 saturated heterocycles. The molecule has 3 heterocycles. The number of aliphatic hydroxyl groups is 1. The first-order chi connectivity index (χ1) is 11.3. The summed E-state index contributed by atoms with van der Waals surface area (Å²) in [5.74, 6) is -0.0852. The van der Waals surface area contributed by atoms with Gasteiger partial charge in [-0.1, -0.05) is 0 Å². The van der Waals surface area contributed by atoms with Crippen LogP contribution in [0, 0.1) is 0 Å². The lowest BCUT2D eigenvalue weighted by molar-refractivity contribution is -0.0431. The third kappa shape index (κ3) is 3.07. The number of nitrogen functional groups attached to an aromatic ring is 1. The molecule has 0 radical (unpaired) electrons. The quantitative estimate of drug-likeness (QED) is 0.489. The minimum atomic E-state index is -4.25. The molecule has 5 N–H and O–H groups in total. The molecule has 2 aromatic heterocycles. The van der Waals surface area contributed by atoms with E-state index in [1.807, 2.05) is 0 Å². The number of nitrogens with one attached hydrogen (secondary N) is 1. The minimum absolute atomic E-state index is 0.0717. The normalized spacial score (nSPS) is 26.7. The second-order valence-electron chi connectivity index (χ2n) is 5.12. The molecule has 13 heteroatoms. The number of fused-ring (bicyclic) bond motifs is 1. The van der Waals surface area contributed by atoms with Gasteiger partial charge in [-0.3, -0.25) is 23.4 Å². The number of aliphatic hydroxyl groups excluding tert-OH is 1. The summed E-state index contributed by atoms with van der Waals surface area (Å²) in [6, 6.07) is 0. The minimum Gasteiger partial charge on any atom is -0.394 e. The Kier molecular flexibility index (Phi) is 4.42. The smallest absolute Gasteiger partial charge is 0.394 e. The highest BCUT2D eigenvalue weighted by Crippen LogP contribution is 2.47. The Hall–Kier alpha value is -1.82. The second-order valence-corrected chi connectivity index (χ2v) is 6.63. The molecule has 24 heavy (non-hydrogen) atoms. The standard InChI is InChI=1S/C11H16N5O7P/c1-21-24(19,20)23-5-2-7(22-6(5)3-17)16-4-13-8-9(16)14-11(12)15-10(8)18/h4-7,17H,2-3H2,1H3,(H,19,20)(H3,12,14,15,18). The molecule has 0 aliphatic carbocycles. The third-order valence-corrected chi connectivity index (χ3v) is 4.62. The predicted octanol–water partition coefficient (Wildman–Crippen LogP) is -0.886. The number of aromatic amines is 1. The van der Waals surface area contributed by atoms with Crippen LogP contribution in [0.15, 0.2) is 11.1 Å². The van der Waals surface area contributed by atoms with Crippen LogP contribution >= 0.6 is 7.82 Å². The lowest BCUT2D eigenvalue weighted by Gasteiger charge is -2.18. The lowest BCUT2D eigenvalue weighted by atomic mass is 10.2. The summed E-state index contributed by atoms with van der Waals surface area (Å²) in [5, 5.41) is 9.39. The first kappa shape index (κ1) is 17.0. The van der Waals surface area contributed by atoms with Gasteiger partial charge in [0.25, 0.3) is 5.56 Å². The van der Waals surface area contributed by atoms with E-state index in [0.717, 1.165) is 7.11 Å². The van der Waals surface area contributed by atoms with Crippen LogP contribution in [-0.4, -0.2) is 55.4 Å². The molecule has 2 aromatic rings. The Balaban J connectivity index is 1.91. The van der Waals surface area contributed by atoms with Crippen molar-refractivity contribution in [1.82, 2.24) is 19.5 Å². The summed E-state index contributed by atoms with van der Waals surface area (Å²) in [5.41, 5.74) is 5.30. The first-order valence-corrected chi connectivity index (χ1v) is 8.39. The van der Waals surface area contributed by atoms with Crippen LogP contribution in [0.1, 0.15) is 12.6 Å². The molecule has 0 bridgehead atoms. The fourth-order valence-electron chi connectivity index (χ4n) is 2.51. The highest BCUT2D eigenvalue weighted by Gasteiger charge is 2.41. The summed E-state index contributed by atoms with van der Waals surface area (Å²) in [6.07, 6.45) is -1.03. The Morgan fingerprint density at radius 2 is 2.38 bits per heavy atom. The molecule has 0 spiro atoms. The second kappa shape index (κ2) is 6.24. The van der Waals surface area contributed by atoms with Gasteiger partial charge in [0.05, 0.1) is 12.9 Å². The van der Waals surface area contributed by atoms with Gasteiger partial charge in [-0.05, 0) is 0 Å². The van der Waals surface area contributed by atoms with E-state index in [2.05, 4.69) is 19.5 Å². The van der Waals surface area contributed by atoms with Gasteiger partial charge in [0, 0.05) is 13.5 Å². The van der Waals surface area contributed by atoms with E-state index in [1.54, 1.807) is 0 Å². The van der Waals surface area contributed by atoms with Gasteiger partial charge < -0.3 is 20.5 Å². The zero-order valence-electron chi connectivity index (χ0n) is 12.5. The highest BCUT2D eigenvalue weighted by atomic mass is 31.2.